The lowest BCUT2D eigenvalue weighted by Gasteiger charge is -2.32. The first-order chi connectivity index (χ1) is 13.6. The maximum absolute atomic E-state index is 13.3. The van der Waals surface area contributed by atoms with Gasteiger partial charge in [0.2, 0.25) is 0 Å². The molecule has 0 aromatic heterocycles. The number of para-hydroxylation sites is 1. The number of fused-ring (bicyclic) bond motifs is 4. The minimum Gasteiger partial charge on any atom is -0.324 e. The van der Waals surface area contributed by atoms with E-state index in [2.05, 4.69) is 10.2 Å². The van der Waals surface area contributed by atoms with Crippen LogP contribution in [0.4, 0.5) is 5.69 Å². The monoisotopic (exact) mass is 395 g/mol. The fraction of sp³-hybridized carbons (Fsp3) is 0.381. The van der Waals surface area contributed by atoms with Crippen molar-refractivity contribution in [2.75, 3.05) is 18.1 Å². The molecule has 4 atom stereocenters. The van der Waals surface area contributed by atoms with Crippen LogP contribution in [0, 0.1) is 10.1 Å². The van der Waals surface area contributed by atoms with Crippen molar-refractivity contribution in [1.82, 2.24) is 4.90 Å². The Balaban J connectivity index is 1.72. The molecule has 7 heteroatoms. The van der Waals surface area contributed by atoms with Gasteiger partial charge in [-0.25, -0.2) is 0 Å². The van der Waals surface area contributed by atoms with Gasteiger partial charge in [0.05, 0.1) is 5.92 Å². The normalized spacial score (nSPS) is 31.0. The van der Waals surface area contributed by atoms with Gasteiger partial charge in [0, 0.05) is 33.7 Å². The Morgan fingerprint density at radius 2 is 1.96 bits per heavy atom. The summed E-state index contributed by atoms with van der Waals surface area (Å²) in [6.45, 7) is 0.705. The van der Waals surface area contributed by atoms with Crippen LogP contribution in [0.25, 0.3) is 0 Å². The van der Waals surface area contributed by atoms with Crippen molar-refractivity contribution in [3.63, 3.8) is 0 Å². The molecule has 1 amide bonds. The number of hydrogen-bond acceptors (Lipinski definition) is 5. The summed E-state index contributed by atoms with van der Waals surface area (Å²) in [5.41, 5.74) is 1.16. The number of hydrogen-bond donors (Lipinski definition) is 1. The van der Waals surface area contributed by atoms with E-state index in [1.54, 1.807) is 11.8 Å². The summed E-state index contributed by atoms with van der Waals surface area (Å²) in [5.74, 6) is -0.573. The number of amides is 1. The lowest BCUT2D eigenvalue weighted by atomic mass is 9.77. The summed E-state index contributed by atoms with van der Waals surface area (Å²) < 4.78 is 0. The number of nitrogens with one attached hydrogen (secondary N) is 1. The number of carbonyl (C=O) groups is 1. The Morgan fingerprint density at radius 1 is 1.21 bits per heavy atom. The standard InChI is InChI=1S/C21H21N3O3S/c1-28-14-10-8-13(9-11-14)18-17-7-4-12-23(17)21(19(18)24(26)27)15-5-2-3-6-16(15)22-20(21)25/h2-3,5-6,8-11,17-19H,4,7,12H2,1H3,(H,22,25)/t17-,18+,19+,21-/m0/s1. The highest BCUT2D eigenvalue weighted by atomic mass is 32.2. The molecule has 1 spiro atoms. The molecular weight excluding hydrogens is 374 g/mol. The Bertz CT molecular complexity index is 964. The molecule has 144 valence electrons. The first-order valence-electron chi connectivity index (χ1n) is 9.54. The van der Waals surface area contributed by atoms with Crippen LogP contribution in [-0.2, 0) is 10.3 Å². The van der Waals surface area contributed by atoms with E-state index in [0.29, 0.717) is 12.2 Å². The Kier molecular flexibility index (Phi) is 4.00. The molecule has 3 aliphatic rings. The molecule has 6 nitrogen and oxygen atoms in total. The van der Waals surface area contributed by atoms with Crippen molar-refractivity contribution in [3.05, 3.63) is 69.8 Å². The maximum atomic E-state index is 13.3. The van der Waals surface area contributed by atoms with Crippen LogP contribution < -0.4 is 5.32 Å². The van der Waals surface area contributed by atoms with Crippen LogP contribution in [0.2, 0.25) is 0 Å². The molecule has 0 radical (unpaired) electrons. The summed E-state index contributed by atoms with van der Waals surface area (Å²) in [7, 11) is 0. The zero-order valence-electron chi connectivity index (χ0n) is 15.5. The second kappa shape index (κ2) is 6.32. The molecule has 3 heterocycles. The quantitative estimate of drug-likeness (QED) is 0.489. The SMILES string of the molecule is CSc1ccc([C@@H]2[C@@H]3CCCN3[C@]3(C(=O)Nc4ccccc43)[C@@H]2[N+](=O)[O-])cc1. The van der Waals surface area contributed by atoms with Crippen molar-refractivity contribution < 1.29 is 9.72 Å². The van der Waals surface area contributed by atoms with Gasteiger partial charge >= 0.3 is 0 Å². The van der Waals surface area contributed by atoms with E-state index in [0.717, 1.165) is 28.9 Å². The fourth-order valence-corrected chi connectivity index (χ4v) is 6.01. The molecule has 2 aromatic rings. The second-order valence-electron chi connectivity index (χ2n) is 7.70. The van der Waals surface area contributed by atoms with Gasteiger partial charge in [0.1, 0.15) is 0 Å². The zero-order chi connectivity index (χ0) is 19.5. The van der Waals surface area contributed by atoms with Gasteiger partial charge in [-0.15, -0.1) is 11.8 Å². The molecule has 0 unspecified atom stereocenters. The first-order valence-corrected chi connectivity index (χ1v) is 10.8. The summed E-state index contributed by atoms with van der Waals surface area (Å²) in [4.78, 5) is 28.8. The molecule has 5 rings (SSSR count). The van der Waals surface area contributed by atoms with Crippen LogP contribution in [0.3, 0.4) is 0 Å². The minimum atomic E-state index is -1.23. The Morgan fingerprint density at radius 3 is 2.68 bits per heavy atom. The molecular formula is C21H21N3O3S. The van der Waals surface area contributed by atoms with Crippen LogP contribution in [0.15, 0.2) is 53.4 Å². The first kappa shape index (κ1) is 17.7. The van der Waals surface area contributed by atoms with Gasteiger partial charge in [0.15, 0.2) is 5.54 Å². The van der Waals surface area contributed by atoms with Gasteiger partial charge < -0.3 is 5.32 Å². The topological polar surface area (TPSA) is 75.5 Å². The average Bonchev–Trinajstić information content (AvgIpc) is 3.35. The van der Waals surface area contributed by atoms with Gasteiger partial charge in [-0.2, -0.15) is 0 Å². The number of benzene rings is 2. The van der Waals surface area contributed by atoms with E-state index in [1.807, 2.05) is 54.8 Å². The summed E-state index contributed by atoms with van der Waals surface area (Å²) in [6, 6.07) is 14.5. The summed E-state index contributed by atoms with van der Waals surface area (Å²) in [6.07, 6.45) is 3.83. The molecule has 2 aromatic carbocycles. The van der Waals surface area contributed by atoms with Gasteiger partial charge in [-0.1, -0.05) is 30.3 Å². The Hall–Kier alpha value is -2.38. The minimum absolute atomic E-state index is 0.00700. The van der Waals surface area contributed by atoms with E-state index in [4.69, 9.17) is 0 Å². The third-order valence-electron chi connectivity index (χ3n) is 6.59. The Labute approximate surface area is 167 Å². The van der Waals surface area contributed by atoms with Crippen molar-refractivity contribution in [3.8, 4) is 0 Å². The largest absolute Gasteiger partial charge is 0.324 e. The summed E-state index contributed by atoms with van der Waals surface area (Å²) >= 11 is 1.65. The number of thioether (sulfide) groups is 1. The van der Waals surface area contributed by atoms with Crippen LogP contribution in [0.1, 0.15) is 29.9 Å². The predicted octanol–water partition coefficient (Wildman–Crippen LogP) is 3.46. The summed E-state index contributed by atoms with van der Waals surface area (Å²) in [5, 5.41) is 15.4. The van der Waals surface area contributed by atoms with Gasteiger partial charge in [0.25, 0.3) is 11.9 Å². The molecule has 3 aliphatic heterocycles. The molecule has 0 aliphatic carbocycles. The lowest BCUT2D eigenvalue weighted by Crippen LogP contribution is -2.55. The van der Waals surface area contributed by atoms with Crippen molar-refractivity contribution in [1.29, 1.82) is 0 Å². The third kappa shape index (κ3) is 2.17. The number of carbonyl (C=O) groups excluding carboxylic acids is 1. The number of nitrogens with zero attached hydrogens (tertiary/aromatic N) is 2. The number of rotatable bonds is 3. The molecule has 0 saturated carbocycles. The van der Waals surface area contributed by atoms with E-state index >= 15 is 0 Å². The fourth-order valence-electron chi connectivity index (χ4n) is 5.60. The van der Waals surface area contributed by atoms with Crippen LogP contribution in [0.5, 0.6) is 0 Å². The molecule has 28 heavy (non-hydrogen) atoms. The molecule has 2 saturated heterocycles. The highest BCUT2D eigenvalue weighted by molar-refractivity contribution is 7.98. The third-order valence-corrected chi connectivity index (χ3v) is 7.34. The molecule has 2 fully saturated rings. The lowest BCUT2D eigenvalue weighted by molar-refractivity contribution is -0.534. The second-order valence-corrected chi connectivity index (χ2v) is 8.58. The highest BCUT2D eigenvalue weighted by Crippen LogP contribution is 2.57. The van der Waals surface area contributed by atoms with E-state index in [9.17, 15) is 14.9 Å². The van der Waals surface area contributed by atoms with Crippen molar-refractivity contribution >= 4 is 23.4 Å². The predicted molar refractivity (Wildman–Crippen MR) is 108 cm³/mol. The van der Waals surface area contributed by atoms with Crippen LogP contribution in [-0.4, -0.2) is 40.6 Å². The van der Waals surface area contributed by atoms with Gasteiger partial charge in [-0.05, 0) is 42.9 Å². The smallest absolute Gasteiger partial charge is 0.256 e. The van der Waals surface area contributed by atoms with Crippen LogP contribution >= 0.6 is 11.8 Å². The van der Waals surface area contributed by atoms with E-state index in [-0.39, 0.29) is 22.8 Å². The highest BCUT2D eigenvalue weighted by Gasteiger charge is 2.73. The van der Waals surface area contributed by atoms with Gasteiger partial charge in [-0.3, -0.25) is 19.8 Å². The maximum Gasteiger partial charge on any atom is 0.256 e. The number of nitro groups is 1. The van der Waals surface area contributed by atoms with E-state index in [1.165, 1.54) is 0 Å². The molecule has 1 N–H and O–H groups in total. The van der Waals surface area contributed by atoms with Crippen molar-refractivity contribution in [2.24, 2.45) is 0 Å². The van der Waals surface area contributed by atoms with Crippen molar-refractivity contribution in [2.45, 2.75) is 41.3 Å². The average molecular weight is 395 g/mol. The molecule has 0 bridgehead atoms. The number of anilines is 1. The van der Waals surface area contributed by atoms with E-state index < -0.39 is 11.6 Å². The zero-order valence-corrected chi connectivity index (χ0v) is 16.3.